The lowest BCUT2D eigenvalue weighted by molar-refractivity contribution is -0.384. The molecule has 0 radical (unpaired) electrons. The quantitative estimate of drug-likeness (QED) is 0.364. The number of carbonyl (C=O) groups is 2. The highest BCUT2D eigenvalue weighted by molar-refractivity contribution is 6.05. The van der Waals surface area contributed by atoms with E-state index in [9.17, 15) is 24.5 Å². The van der Waals surface area contributed by atoms with E-state index in [1.54, 1.807) is 0 Å². The number of benzene rings is 2. The number of nitro groups is 1. The van der Waals surface area contributed by atoms with Crippen molar-refractivity contribution >= 4 is 40.6 Å². The maximum atomic E-state index is 13.2. The van der Waals surface area contributed by atoms with Crippen LogP contribution < -0.4 is 25.8 Å². The summed E-state index contributed by atoms with van der Waals surface area (Å²) in [6.45, 7) is 2.01. The summed E-state index contributed by atoms with van der Waals surface area (Å²) in [4.78, 5) is 58.6. The lowest BCUT2D eigenvalue weighted by Gasteiger charge is -2.27. The number of aromatic nitrogens is 2. The first-order valence-electron chi connectivity index (χ1n) is 11.2. The first-order valence-corrected chi connectivity index (χ1v) is 11.2. The van der Waals surface area contributed by atoms with Crippen molar-refractivity contribution in [3.63, 3.8) is 0 Å². The number of anilines is 4. The topological polar surface area (TPSA) is 160 Å². The summed E-state index contributed by atoms with van der Waals surface area (Å²) < 4.78 is 5.17. The van der Waals surface area contributed by atoms with Crippen LogP contribution in [0.1, 0.15) is 30.4 Å². The number of fused-ring (bicyclic) bond motifs is 2. The van der Waals surface area contributed by atoms with E-state index in [0.717, 1.165) is 17.7 Å². The van der Waals surface area contributed by atoms with Crippen LogP contribution in [-0.4, -0.2) is 39.9 Å². The summed E-state index contributed by atoms with van der Waals surface area (Å²) in [6.07, 6.45) is 0.507. The van der Waals surface area contributed by atoms with E-state index in [1.807, 2.05) is 36.1 Å². The molecule has 0 saturated heterocycles. The number of H-pyrrole nitrogens is 1. The molecule has 12 nitrogen and oxygen atoms in total. The number of ether oxygens (including phenoxy) is 1. The molecular weight excluding hydrogens is 468 g/mol. The molecule has 0 spiro atoms. The van der Waals surface area contributed by atoms with Crippen molar-refractivity contribution in [2.75, 3.05) is 22.6 Å². The Morgan fingerprint density at radius 2 is 2.00 bits per heavy atom. The second-order valence-corrected chi connectivity index (χ2v) is 8.64. The van der Waals surface area contributed by atoms with Crippen LogP contribution in [-0.2, 0) is 16.0 Å². The summed E-state index contributed by atoms with van der Waals surface area (Å²) in [7, 11) is 1.31. The number of methoxy groups -OCH3 is 1. The van der Waals surface area contributed by atoms with Gasteiger partial charge in [0.15, 0.2) is 0 Å². The number of non-ortho nitro benzene ring substituents is 1. The number of para-hydroxylation sites is 1. The van der Waals surface area contributed by atoms with E-state index in [0.29, 0.717) is 0 Å². The number of aromatic amines is 1. The first-order chi connectivity index (χ1) is 17.3. The molecule has 3 heterocycles. The van der Waals surface area contributed by atoms with E-state index in [4.69, 9.17) is 4.74 Å². The monoisotopic (exact) mass is 490 g/mol. The van der Waals surface area contributed by atoms with E-state index in [-0.39, 0.29) is 46.9 Å². The van der Waals surface area contributed by atoms with Gasteiger partial charge in [-0.3, -0.25) is 29.5 Å². The van der Waals surface area contributed by atoms with Gasteiger partial charge in [0, 0.05) is 24.2 Å². The van der Waals surface area contributed by atoms with Gasteiger partial charge in [0.05, 0.1) is 35.3 Å². The Balaban J connectivity index is 1.49. The van der Waals surface area contributed by atoms with Gasteiger partial charge in [-0.05, 0) is 31.0 Å². The van der Waals surface area contributed by atoms with Gasteiger partial charge < -0.3 is 20.3 Å². The van der Waals surface area contributed by atoms with Crippen LogP contribution in [0.2, 0.25) is 0 Å². The summed E-state index contributed by atoms with van der Waals surface area (Å²) in [5.41, 5.74) is 1.49. The number of rotatable bonds is 5. The molecule has 184 valence electrons. The number of nitrogens with zero attached hydrogens (tertiary/aromatic N) is 3. The third-order valence-electron chi connectivity index (χ3n) is 6.34. The highest BCUT2D eigenvalue weighted by atomic mass is 16.6. The molecule has 5 rings (SSSR count). The van der Waals surface area contributed by atoms with Crippen LogP contribution in [0.25, 0.3) is 0 Å². The van der Waals surface area contributed by atoms with Crippen molar-refractivity contribution in [1.29, 1.82) is 0 Å². The normalized spacial score (nSPS) is 18.2. The van der Waals surface area contributed by atoms with Crippen molar-refractivity contribution in [3.05, 3.63) is 74.1 Å². The minimum absolute atomic E-state index is 0.0246. The van der Waals surface area contributed by atoms with Crippen molar-refractivity contribution in [3.8, 4) is 5.75 Å². The molecule has 12 heteroatoms. The molecule has 0 saturated carbocycles. The fourth-order valence-corrected chi connectivity index (χ4v) is 4.70. The molecule has 2 aliphatic rings. The average molecular weight is 490 g/mol. The lowest BCUT2D eigenvalue weighted by Crippen LogP contribution is -2.38. The van der Waals surface area contributed by atoms with E-state index < -0.39 is 28.2 Å². The molecule has 0 fully saturated rings. The Morgan fingerprint density at radius 3 is 2.75 bits per heavy atom. The largest absolute Gasteiger partial charge is 0.494 e. The molecule has 3 aromatic rings. The van der Waals surface area contributed by atoms with Crippen molar-refractivity contribution in [2.24, 2.45) is 0 Å². The van der Waals surface area contributed by atoms with E-state index in [1.165, 1.54) is 25.3 Å². The zero-order chi connectivity index (χ0) is 25.6. The summed E-state index contributed by atoms with van der Waals surface area (Å²) in [6, 6.07) is 11.5. The van der Waals surface area contributed by atoms with E-state index in [2.05, 4.69) is 20.6 Å². The van der Waals surface area contributed by atoms with Gasteiger partial charge >= 0.3 is 0 Å². The van der Waals surface area contributed by atoms with Gasteiger partial charge in [0.25, 0.3) is 11.2 Å². The minimum Gasteiger partial charge on any atom is -0.494 e. The van der Waals surface area contributed by atoms with E-state index >= 15 is 0 Å². The fourth-order valence-electron chi connectivity index (χ4n) is 4.70. The van der Waals surface area contributed by atoms with Crippen LogP contribution in [0.3, 0.4) is 0 Å². The van der Waals surface area contributed by atoms with Gasteiger partial charge in [-0.2, -0.15) is 4.98 Å². The van der Waals surface area contributed by atoms with Crippen molar-refractivity contribution in [1.82, 2.24) is 9.97 Å². The van der Waals surface area contributed by atoms with Crippen LogP contribution in [0.4, 0.5) is 28.8 Å². The summed E-state index contributed by atoms with van der Waals surface area (Å²) >= 11 is 0. The third kappa shape index (κ3) is 3.91. The molecule has 0 bridgehead atoms. The maximum Gasteiger partial charge on any atom is 0.273 e. The summed E-state index contributed by atoms with van der Waals surface area (Å²) in [5.74, 6) is -1.85. The van der Waals surface area contributed by atoms with Crippen LogP contribution in [0, 0.1) is 10.1 Å². The van der Waals surface area contributed by atoms with Crippen LogP contribution in [0.5, 0.6) is 5.75 Å². The lowest BCUT2D eigenvalue weighted by atomic mass is 9.92. The smallest absolute Gasteiger partial charge is 0.273 e. The van der Waals surface area contributed by atoms with Gasteiger partial charge in [-0.15, -0.1) is 0 Å². The Morgan fingerprint density at radius 1 is 1.22 bits per heavy atom. The molecule has 3 N–H and O–H groups in total. The summed E-state index contributed by atoms with van der Waals surface area (Å²) in [5, 5.41) is 16.3. The highest BCUT2D eigenvalue weighted by Gasteiger charge is 2.37. The number of hydrogen-bond acceptors (Lipinski definition) is 8. The molecule has 2 amide bonds. The zero-order valence-electron chi connectivity index (χ0n) is 19.4. The van der Waals surface area contributed by atoms with Gasteiger partial charge in [-0.25, -0.2) is 0 Å². The number of amides is 2. The highest BCUT2D eigenvalue weighted by Crippen LogP contribution is 2.38. The maximum absolute atomic E-state index is 13.2. The Bertz CT molecular complexity index is 1470. The number of carbonyl (C=O) groups excluding carboxylic acids is 2. The Hall–Kier alpha value is -4.74. The number of nitrogens with one attached hydrogen (secondary N) is 3. The second kappa shape index (κ2) is 8.80. The standard InChI is InChI=1S/C24H22N6O6/c1-12-9-13-5-3-4-6-17(13)29(12)24-27-21-20(23(33)28-24)15(11-19(31)26-21)22(32)25-16-8-7-14(30(34)35)10-18(16)36-2/h3-8,10,12,15H,9,11H2,1-2H3,(H,25,32)(H2,26,27,28,31,33). The average Bonchev–Trinajstić information content (AvgIpc) is 3.18. The molecule has 36 heavy (non-hydrogen) atoms. The molecular formula is C24H22N6O6. The third-order valence-corrected chi connectivity index (χ3v) is 6.34. The van der Waals surface area contributed by atoms with Gasteiger partial charge in [-0.1, -0.05) is 18.2 Å². The SMILES string of the molecule is COc1cc([N+](=O)[O-])ccc1NC(=O)C1CC(=O)Nc2nc(N3c4ccccc4CC3C)[nH]c(=O)c21. The molecule has 1 aromatic heterocycles. The van der Waals surface area contributed by atoms with Gasteiger partial charge in [0.2, 0.25) is 17.8 Å². The first kappa shape index (κ1) is 23.0. The van der Waals surface area contributed by atoms with Gasteiger partial charge in [0.1, 0.15) is 11.6 Å². The predicted octanol–water partition coefficient (Wildman–Crippen LogP) is 2.83. The van der Waals surface area contributed by atoms with Crippen LogP contribution in [0.15, 0.2) is 47.3 Å². The molecule has 2 aromatic carbocycles. The Kier molecular flexibility index (Phi) is 5.63. The Labute approximate surface area is 204 Å². The fraction of sp³-hybridized carbons (Fsp3) is 0.250. The van der Waals surface area contributed by atoms with Crippen molar-refractivity contribution in [2.45, 2.75) is 31.7 Å². The zero-order valence-corrected chi connectivity index (χ0v) is 19.4. The molecule has 2 atom stereocenters. The molecule has 2 aliphatic heterocycles. The number of nitro benzene ring substituents is 1. The minimum atomic E-state index is -1.12. The predicted molar refractivity (Wildman–Crippen MR) is 131 cm³/mol. The number of hydrogen-bond donors (Lipinski definition) is 3. The molecule has 0 aliphatic carbocycles. The van der Waals surface area contributed by atoms with Crippen LogP contribution >= 0.6 is 0 Å². The van der Waals surface area contributed by atoms with Crippen molar-refractivity contribution < 1.29 is 19.2 Å². The second-order valence-electron chi connectivity index (χ2n) is 8.64. The molecule has 2 unspecified atom stereocenters.